The average molecular weight is 275 g/mol. The molecule has 106 valence electrons. The van der Waals surface area contributed by atoms with Crippen LogP contribution in [0, 0.1) is 10.1 Å². The van der Waals surface area contributed by atoms with Gasteiger partial charge in [-0.2, -0.15) is 0 Å². The highest BCUT2D eigenvalue weighted by Gasteiger charge is 2.25. The van der Waals surface area contributed by atoms with E-state index in [9.17, 15) is 15.2 Å². The van der Waals surface area contributed by atoms with Gasteiger partial charge in [0.05, 0.1) is 16.5 Å². The number of nitro benzene ring substituents is 1. The molecule has 6 nitrogen and oxygen atoms in total. The van der Waals surface area contributed by atoms with Crippen molar-refractivity contribution in [3.05, 3.63) is 40.1 Å². The predicted octanol–water partition coefficient (Wildman–Crippen LogP) is 2.25. The lowest BCUT2D eigenvalue weighted by Gasteiger charge is -2.27. The minimum absolute atomic E-state index is 0.0520. The molecule has 1 aromatic carbocycles. The first-order chi connectivity index (χ1) is 9.66. The normalized spacial score (nSPS) is 20.9. The number of aliphatic hydroxyl groups is 1. The molecular formula is C14H17N3O3. The van der Waals surface area contributed by atoms with Crippen molar-refractivity contribution < 1.29 is 10.0 Å². The molecule has 1 aliphatic rings. The molecule has 2 heterocycles. The molecule has 3 rings (SSSR count). The Hall–Kier alpha value is -1.92. The molecule has 0 amide bonds. The topological polar surface area (TPSA) is 91.2 Å². The summed E-state index contributed by atoms with van der Waals surface area (Å²) in [4.78, 5) is 13.4. The summed E-state index contributed by atoms with van der Waals surface area (Å²) in [5.41, 5.74) is 1.54. The van der Waals surface area contributed by atoms with Gasteiger partial charge in [-0.15, -0.1) is 0 Å². The minimum Gasteiger partial charge on any atom is -0.387 e. The fourth-order valence-corrected chi connectivity index (χ4v) is 2.86. The Morgan fingerprint density at radius 3 is 2.95 bits per heavy atom. The van der Waals surface area contributed by atoms with Crippen LogP contribution in [0.15, 0.2) is 24.4 Å². The van der Waals surface area contributed by atoms with E-state index in [1.165, 1.54) is 12.1 Å². The third-order valence-electron chi connectivity index (χ3n) is 3.96. The Balaban J connectivity index is 1.93. The summed E-state index contributed by atoms with van der Waals surface area (Å²) >= 11 is 0. The minimum atomic E-state index is -0.592. The van der Waals surface area contributed by atoms with Gasteiger partial charge in [0.1, 0.15) is 0 Å². The van der Waals surface area contributed by atoms with Crippen molar-refractivity contribution in [2.45, 2.75) is 31.4 Å². The van der Waals surface area contributed by atoms with E-state index in [0.29, 0.717) is 5.52 Å². The molecule has 0 saturated carbocycles. The molecule has 3 N–H and O–H groups in total. The highest BCUT2D eigenvalue weighted by Crippen LogP contribution is 2.30. The Morgan fingerprint density at radius 2 is 2.25 bits per heavy atom. The summed E-state index contributed by atoms with van der Waals surface area (Å²) < 4.78 is 0. The van der Waals surface area contributed by atoms with Crippen LogP contribution in [0.4, 0.5) is 5.69 Å². The van der Waals surface area contributed by atoms with Gasteiger partial charge < -0.3 is 15.4 Å². The van der Waals surface area contributed by atoms with E-state index < -0.39 is 11.0 Å². The summed E-state index contributed by atoms with van der Waals surface area (Å²) in [5, 5.41) is 25.4. The number of H-pyrrole nitrogens is 1. The quantitative estimate of drug-likeness (QED) is 0.592. The standard InChI is InChI=1S/C14H17N3O3/c18-14(12-3-1-2-6-15-12)11-8-16-13-7-9(17(19)20)4-5-10(11)13/h4-5,7-8,12,14-16,18H,1-3,6H2. The maximum Gasteiger partial charge on any atom is 0.271 e. The SMILES string of the molecule is O=[N+]([O-])c1ccc2c(C(O)C3CCCCN3)c[nH]c2c1. The zero-order valence-corrected chi connectivity index (χ0v) is 11.0. The number of aliphatic hydroxyl groups excluding tert-OH is 1. The van der Waals surface area contributed by atoms with Crippen LogP contribution in [-0.2, 0) is 0 Å². The van der Waals surface area contributed by atoms with Crippen molar-refractivity contribution in [2.24, 2.45) is 0 Å². The molecule has 0 aliphatic carbocycles. The smallest absolute Gasteiger partial charge is 0.271 e. The number of aromatic amines is 1. The van der Waals surface area contributed by atoms with Crippen LogP contribution in [0.3, 0.4) is 0 Å². The molecule has 0 radical (unpaired) electrons. The number of nitro groups is 1. The third kappa shape index (κ3) is 2.28. The van der Waals surface area contributed by atoms with Crippen LogP contribution in [0.25, 0.3) is 10.9 Å². The Kier molecular flexibility index (Phi) is 3.42. The Labute approximate surface area is 116 Å². The van der Waals surface area contributed by atoms with Gasteiger partial charge in [0.2, 0.25) is 0 Å². The number of aromatic nitrogens is 1. The van der Waals surface area contributed by atoms with E-state index in [2.05, 4.69) is 10.3 Å². The second kappa shape index (κ2) is 5.22. The first-order valence-corrected chi connectivity index (χ1v) is 6.83. The maximum atomic E-state index is 10.8. The summed E-state index contributed by atoms with van der Waals surface area (Å²) in [6.07, 6.45) is 4.35. The number of non-ortho nitro benzene ring substituents is 1. The molecule has 1 saturated heterocycles. The lowest BCUT2D eigenvalue weighted by atomic mass is 9.94. The highest BCUT2D eigenvalue weighted by molar-refractivity contribution is 5.85. The Morgan fingerprint density at radius 1 is 1.40 bits per heavy atom. The zero-order chi connectivity index (χ0) is 14.1. The largest absolute Gasteiger partial charge is 0.387 e. The number of benzene rings is 1. The van der Waals surface area contributed by atoms with Gasteiger partial charge in [0, 0.05) is 35.3 Å². The molecule has 1 aliphatic heterocycles. The first kappa shape index (κ1) is 13.1. The fourth-order valence-electron chi connectivity index (χ4n) is 2.86. The van der Waals surface area contributed by atoms with Crippen molar-refractivity contribution in [2.75, 3.05) is 6.54 Å². The van der Waals surface area contributed by atoms with Crippen molar-refractivity contribution >= 4 is 16.6 Å². The van der Waals surface area contributed by atoms with E-state index >= 15 is 0 Å². The molecule has 0 spiro atoms. The molecule has 20 heavy (non-hydrogen) atoms. The molecule has 2 unspecified atom stereocenters. The summed E-state index contributed by atoms with van der Waals surface area (Å²) in [7, 11) is 0. The van der Waals surface area contributed by atoms with Gasteiger partial charge in [-0.3, -0.25) is 10.1 Å². The lowest BCUT2D eigenvalue weighted by Crippen LogP contribution is -2.38. The van der Waals surface area contributed by atoms with Gasteiger partial charge in [-0.25, -0.2) is 0 Å². The van der Waals surface area contributed by atoms with Gasteiger partial charge in [0.15, 0.2) is 0 Å². The van der Waals surface area contributed by atoms with E-state index in [4.69, 9.17) is 0 Å². The van der Waals surface area contributed by atoms with Crippen LogP contribution in [0.2, 0.25) is 0 Å². The maximum absolute atomic E-state index is 10.8. The fraction of sp³-hybridized carbons (Fsp3) is 0.429. The van der Waals surface area contributed by atoms with Crippen LogP contribution in [0.5, 0.6) is 0 Å². The van der Waals surface area contributed by atoms with Crippen LogP contribution >= 0.6 is 0 Å². The second-order valence-corrected chi connectivity index (χ2v) is 5.23. The van der Waals surface area contributed by atoms with Crippen LogP contribution < -0.4 is 5.32 Å². The summed E-state index contributed by atoms with van der Waals surface area (Å²) in [5.74, 6) is 0. The molecule has 0 bridgehead atoms. The van der Waals surface area contributed by atoms with Crippen molar-refractivity contribution in [3.8, 4) is 0 Å². The monoisotopic (exact) mass is 275 g/mol. The van der Waals surface area contributed by atoms with E-state index in [1.54, 1.807) is 12.3 Å². The van der Waals surface area contributed by atoms with Gasteiger partial charge >= 0.3 is 0 Å². The third-order valence-corrected chi connectivity index (χ3v) is 3.96. The number of fused-ring (bicyclic) bond motifs is 1. The molecule has 1 aromatic heterocycles. The highest BCUT2D eigenvalue weighted by atomic mass is 16.6. The number of rotatable bonds is 3. The Bertz CT molecular complexity index is 632. The molecule has 2 atom stereocenters. The number of nitrogens with zero attached hydrogens (tertiary/aromatic N) is 1. The number of hydrogen-bond acceptors (Lipinski definition) is 4. The van der Waals surface area contributed by atoms with Gasteiger partial charge in [-0.1, -0.05) is 6.42 Å². The average Bonchev–Trinajstić information content (AvgIpc) is 2.90. The summed E-state index contributed by atoms with van der Waals surface area (Å²) in [6, 6.07) is 4.73. The van der Waals surface area contributed by atoms with Crippen LogP contribution in [0.1, 0.15) is 30.9 Å². The van der Waals surface area contributed by atoms with E-state index in [1.807, 2.05) is 0 Å². The summed E-state index contributed by atoms with van der Waals surface area (Å²) in [6.45, 7) is 0.926. The molecular weight excluding hydrogens is 258 g/mol. The number of nitrogens with one attached hydrogen (secondary N) is 2. The van der Waals surface area contributed by atoms with Crippen LogP contribution in [-0.4, -0.2) is 27.6 Å². The van der Waals surface area contributed by atoms with E-state index in [0.717, 1.165) is 36.8 Å². The first-order valence-electron chi connectivity index (χ1n) is 6.83. The van der Waals surface area contributed by atoms with Crippen molar-refractivity contribution in [1.29, 1.82) is 0 Å². The molecule has 6 heteroatoms. The number of piperidine rings is 1. The van der Waals surface area contributed by atoms with Crippen molar-refractivity contribution in [3.63, 3.8) is 0 Å². The predicted molar refractivity (Wildman–Crippen MR) is 75.6 cm³/mol. The zero-order valence-electron chi connectivity index (χ0n) is 11.0. The van der Waals surface area contributed by atoms with Gasteiger partial charge in [0.25, 0.3) is 5.69 Å². The van der Waals surface area contributed by atoms with Gasteiger partial charge in [-0.05, 0) is 25.5 Å². The van der Waals surface area contributed by atoms with Crippen molar-refractivity contribution in [1.82, 2.24) is 10.3 Å². The molecule has 2 aromatic rings. The lowest BCUT2D eigenvalue weighted by molar-refractivity contribution is -0.384. The second-order valence-electron chi connectivity index (χ2n) is 5.23. The molecule has 1 fully saturated rings. The number of hydrogen-bond donors (Lipinski definition) is 3. The van der Waals surface area contributed by atoms with E-state index in [-0.39, 0.29) is 11.7 Å².